The fourth-order valence-electron chi connectivity index (χ4n) is 1.87. The number of ether oxygens (including phenoxy) is 2. The van der Waals surface area contributed by atoms with E-state index in [2.05, 4.69) is 23.8 Å². The van der Waals surface area contributed by atoms with Crippen LogP contribution in [0.5, 0.6) is 11.5 Å². The first-order chi connectivity index (χ1) is 9.53. The number of nitrogens with zero attached hydrogens (tertiary/aromatic N) is 1. The predicted octanol–water partition coefficient (Wildman–Crippen LogP) is 3.95. The van der Waals surface area contributed by atoms with Crippen LogP contribution in [0.25, 0.3) is 11.3 Å². The molecule has 0 saturated carbocycles. The van der Waals surface area contributed by atoms with Crippen molar-refractivity contribution in [3.05, 3.63) is 34.7 Å². The average Bonchev–Trinajstić information content (AvgIpc) is 2.45. The van der Waals surface area contributed by atoms with Crippen molar-refractivity contribution in [1.82, 2.24) is 9.97 Å². The Morgan fingerprint density at radius 2 is 1.65 bits per heavy atom. The van der Waals surface area contributed by atoms with Gasteiger partial charge in [-0.2, -0.15) is 0 Å². The van der Waals surface area contributed by atoms with Gasteiger partial charge in [0.05, 0.1) is 14.2 Å². The Morgan fingerprint density at radius 1 is 1.05 bits per heavy atom. The number of hydrogen-bond acceptors (Lipinski definition) is 4. The number of aromatic nitrogens is 2. The van der Waals surface area contributed by atoms with Gasteiger partial charge in [-0.15, -0.1) is 0 Å². The number of methoxy groups -OCH3 is 2. The molecule has 0 aliphatic heterocycles. The highest BCUT2D eigenvalue weighted by Crippen LogP contribution is 2.29. The van der Waals surface area contributed by atoms with Crippen LogP contribution in [0.15, 0.2) is 24.3 Å². The smallest absolute Gasteiger partial charge is 0.130 e. The zero-order chi connectivity index (χ0) is 14.7. The van der Waals surface area contributed by atoms with E-state index in [9.17, 15) is 0 Å². The van der Waals surface area contributed by atoms with Gasteiger partial charge in [0.15, 0.2) is 0 Å². The maximum Gasteiger partial charge on any atom is 0.130 e. The second-order valence-corrected chi connectivity index (χ2v) is 5.19. The number of aromatic amines is 1. The molecular formula is C15H18N2O2S. The van der Waals surface area contributed by atoms with Gasteiger partial charge in [0.1, 0.15) is 22.0 Å². The van der Waals surface area contributed by atoms with Crippen molar-refractivity contribution in [2.75, 3.05) is 14.2 Å². The van der Waals surface area contributed by atoms with Crippen LogP contribution in [-0.2, 0) is 0 Å². The lowest BCUT2D eigenvalue weighted by molar-refractivity contribution is 0.394. The summed E-state index contributed by atoms with van der Waals surface area (Å²) in [7, 11) is 3.26. The minimum Gasteiger partial charge on any atom is -0.497 e. The number of hydrogen-bond donors (Lipinski definition) is 1. The first-order valence-corrected chi connectivity index (χ1v) is 6.79. The van der Waals surface area contributed by atoms with E-state index in [1.807, 2.05) is 24.3 Å². The molecule has 0 spiro atoms. The van der Waals surface area contributed by atoms with Crippen molar-refractivity contribution < 1.29 is 9.47 Å². The van der Waals surface area contributed by atoms with Gasteiger partial charge in [0.2, 0.25) is 0 Å². The highest BCUT2D eigenvalue weighted by atomic mass is 32.1. The molecule has 1 aromatic heterocycles. The maximum absolute atomic E-state index is 5.29. The standard InChI is InChI=1S/C15H18N2O2S/c1-9(2)15-16-13(8-14(20)17-15)10-5-11(18-3)7-12(6-10)19-4/h5-9H,1-4H3,(H,16,17,20). The quantitative estimate of drug-likeness (QED) is 0.866. The summed E-state index contributed by atoms with van der Waals surface area (Å²) in [6.07, 6.45) is 0. The van der Waals surface area contributed by atoms with Crippen LogP contribution >= 0.6 is 12.2 Å². The van der Waals surface area contributed by atoms with Crippen LogP contribution < -0.4 is 9.47 Å². The predicted molar refractivity (Wildman–Crippen MR) is 82.1 cm³/mol. The molecule has 1 heterocycles. The van der Waals surface area contributed by atoms with Gasteiger partial charge in [0, 0.05) is 23.2 Å². The molecule has 0 amide bonds. The molecule has 0 aliphatic carbocycles. The minimum absolute atomic E-state index is 0.282. The van der Waals surface area contributed by atoms with Crippen molar-refractivity contribution in [3.8, 4) is 22.8 Å². The third-order valence-corrected chi connectivity index (χ3v) is 3.18. The first-order valence-electron chi connectivity index (χ1n) is 6.38. The van der Waals surface area contributed by atoms with Crippen molar-refractivity contribution >= 4 is 12.2 Å². The Hall–Kier alpha value is -1.88. The molecule has 0 fully saturated rings. The van der Waals surface area contributed by atoms with E-state index in [-0.39, 0.29) is 5.92 Å². The molecule has 0 unspecified atom stereocenters. The third kappa shape index (κ3) is 3.17. The molecule has 1 aromatic carbocycles. The van der Waals surface area contributed by atoms with Crippen molar-refractivity contribution in [2.24, 2.45) is 0 Å². The molecule has 4 nitrogen and oxygen atoms in total. The van der Waals surface area contributed by atoms with Crippen LogP contribution in [0.4, 0.5) is 0 Å². The number of rotatable bonds is 4. The summed E-state index contributed by atoms with van der Waals surface area (Å²) in [4.78, 5) is 7.66. The summed E-state index contributed by atoms with van der Waals surface area (Å²) in [6, 6.07) is 7.55. The lowest BCUT2D eigenvalue weighted by atomic mass is 10.1. The third-order valence-electron chi connectivity index (χ3n) is 2.97. The first kappa shape index (κ1) is 14.5. The van der Waals surface area contributed by atoms with E-state index >= 15 is 0 Å². The van der Waals surface area contributed by atoms with Crippen LogP contribution in [0, 0.1) is 4.64 Å². The van der Waals surface area contributed by atoms with Crippen LogP contribution in [0.1, 0.15) is 25.6 Å². The topological polar surface area (TPSA) is 47.1 Å². The van der Waals surface area contributed by atoms with Gasteiger partial charge in [-0.05, 0) is 18.2 Å². The van der Waals surface area contributed by atoms with Crippen molar-refractivity contribution in [1.29, 1.82) is 0 Å². The Morgan fingerprint density at radius 3 is 2.15 bits per heavy atom. The zero-order valence-electron chi connectivity index (χ0n) is 12.1. The lowest BCUT2D eigenvalue weighted by Gasteiger charge is -2.11. The molecule has 2 aromatic rings. The molecule has 5 heteroatoms. The van der Waals surface area contributed by atoms with E-state index in [4.69, 9.17) is 21.7 Å². The Kier molecular flexibility index (Phi) is 4.39. The molecule has 0 aliphatic rings. The molecule has 0 bridgehead atoms. The van der Waals surface area contributed by atoms with Gasteiger partial charge in [-0.25, -0.2) is 4.98 Å². The summed E-state index contributed by atoms with van der Waals surface area (Å²) < 4.78 is 11.2. The maximum atomic E-state index is 5.29. The van der Waals surface area contributed by atoms with Gasteiger partial charge >= 0.3 is 0 Å². The van der Waals surface area contributed by atoms with Crippen LogP contribution in [0.3, 0.4) is 0 Å². The molecule has 20 heavy (non-hydrogen) atoms. The number of benzene rings is 1. The van der Waals surface area contributed by atoms with E-state index in [1.54, 1.807) is 14.2 Å². The Labute approximate surface area is 123 Å². The Balaban J connectivity index is 2.58. The van der Waals surface area contributed by atoms with Gasteiger partial charge < -0.3 is 14.5 Å². The monoisotopic (exact) mass is 290 g/mol. The zero-order valence-corrected chi connectivity index (χ0v) is 12.9. The average molecular weight is 290 g/mol. The summed E-state index contributed by atoms with van der Waals surface area (Å²) >= 11 is 5.24. The van der Waals surface area contributed by atoms with E-state index in [1.165, 1.54) is 0 Å². The highest BCUT2D eigenvalue weighted by molar-refractivity contribution is 7.71. The van der Waals surface area contributed by atoms with Gasteiger partial charge in [0.25, 0.3) is 0 Å². The van der Waals surface area contributed by atoms with Crippen molar-refractivity contribution in [3.63, 3.8) is 0 Å². The fraction of sp³-hybridized carbons (Fsp3) is 0.333. The highest BCUT2D eigenvalue weighted by Gasteiger charge is 2.08. The SMILES string of the molecule is COc1cc(OC)cc(-c2cc(=S)nc(C(C)C)[nH]2)c1. The van der Waals surface area contributed by atoms with Crippen molar-refractivity contribution in [2.45, 2.75) is 19.8 Å². The van der Waals surface area contributed by atoms with E-state index in [0.29, 0.717) is 4.64 Å². The second-order valence-electron chi connectivity index (χ2n) is 4.77. The summed E-state index contributed by atoms with van der Waals surface area (Å²) in [5.74, 6) is 2.63. The van der Waals surface area contributed by atoms with Crippen LogP contribution in [-0.4, -0.2) is 24.2 Å². The molecule has 2 rings (SSSR count). The normalized spacial score (nSPS) is 10.7. The Bertz CT molecular complexity index is 643. The summed E-state index contributed by atoms with van der Waals surface area (Å²) in [5, 5.41) is 0. The fourth-order valence-corrected chi connectivity index (χ4v) is 2.08. The molecule has 1 N–H and O–H groups in total. The molecule has 0 atom stereocenters. The minimum atomic E-state index is 0.282. The van der Waals surface area contributed by atoms with Gasteiger partial charge in [-0.3, -0.25) is 0 Å². The second kappa shape index (κ2) is 6.05. The molecule has 106 valence electrons. The summed E-state index contributed by atoms with van der Waals surface area (Å²) in [6.45, 7) is 4.15. The van der Waals surface area contributed by atoms with E-state index in [0.717, 1.165) is 28.6 Å². The van der Waals surface area contributed by atoms with E-state index < -0.39 is 0 Å². The summed E-state index contributed by atoms with van der Waals surface area (Å²) in [5.41, 5.74) is 1.86. The lowest BCUT2D eigenvalue weighted by Crippen LogP contribution is -1.99. The molecule has 0 saturated heterocycles. The van der Waals surface area contributed by atoms with Crippen LogP contribution in [0.2, 0.25) is 0 Å². The van der Waals surface area contributed by atoms with Gasteiger partial charge in [-0.1, -0.05) is 26.1 Å². The molecular weight excluding hydrogens is 272 g/mol. The largest absolute Gasteiger partial charge is 0.497 e. The molecule has 0 radical (unpaired) electrons. The number of H-pyrrole nitrogens is 1. The number of nitrogens with one attached hydrogen (secondary N) is 1.